The highest BCUT2D eigenvalue weighted by molar-refractivity contribution is 5.79. The number of nitrogens with zero attached hydrogens (tertiary/aromatic N) is 1. The van der Waals surface area contributed by atoms with Crippen LogP contribution in [0.15, 0.2) is 42.5 Å². The van der Waals surface area contributed by atoms with E-state index in [4.69, 9.17) is 4.74 Å². The van der Waals surface area contributed by atoms with Crippen LogP contribution >= 0.6 is 0 Å². The molecule has 2 atom stereocenters. The van der Waals surface area contributed by atoms with Crippen LogP contribution in [0.4, 0.5) is 0 Å². The molecule has 3 rings (SSSR count). The van der Waals surface area contributed by atoms with Gasteiger partial charge in [0.15, 0.2) is 0 Å². The highest BCUT2D eigenvalue weighted by atomic mass is 16.5. The van der Waals surface area contributed by atoms with E-state index in [0.717, 1.165) is 45.4 Å². The molecule has 2 aliphatic rings. The standard InChI is InChI=1S/C19H25NO2/c21-19(18-9-5-2-6-10-18)20-12-11-17(13-20)15-22-14-16-7-3-1-4-8-16/h1-5,7-8,17-18H,6,9-15H2. The molecule has 22 heavy (non-hydrogen) atoms. The SMILES string of the molecule is O=C(C1CC=CCC1)N1CCC(COCc2ccccc2)C1. The molecule has 118 valence electrons. The minimum absolute atomic E-state index is 0.217. The van der Waals surface area contributed by atoms with Crippen LogP contribution in [0.2, 0.25) is 0 Å². The summed E-state index contributed by atoms with van der Waals surface area (Å²) in [5.41, 5.74) is 1.21. The molecule has 0 saturated carbocycles. The second-order valence-electron chi connectivity index (χ2n) is 6.42. The van der Waals surface area contributed by atoms with Crippen molar-refractivity contribution in [3.05, 3.63) is 48.0 Å². The largest absolute Gasteiger partial charge is 0.376 e. The van der Waals surface area contributed by atoms with Crippen molar-refractivity contribution in [3.8, 4) is 0 Å². The summed E-state index contributed by atoms with van der Waals surface area (Å²) in [6, 6.07) is 10.3. The Morgan fingerprint density at radius 1 is 1.18 bits per heavy atom. The van der Waals surface area contributed by atoms with Gasteiger partial charge in [-0.05, 0) is 31.2 Å². The van der Waals surface area contributed by atoms with Gasteiger partial charge >= 0.3 is 0 Å². The van der Waals surface area contributed by atoms with E-state index in [1.807, 2.05) is 18.2 Å². The molecule has 1 amide bonds. The van der Waals surface area contributed by atoms with E-state index in [-0.39, 0.29) is 5.92 Å². The van der Waals surface area contributed by atoms with Gasteiger partial charge in [0, 0.05) is 24.9 Å². The van der Waals surface area contributed by atoms with Gasteiger partial charge in [0.05, 0.1) is 13.2 Å². The van der Waals surface area contributed by atoms with E-state index >= 15 is 0 Å². The number of amides is 1. The maximum atomic E-state index is 12.5. The van der Waals surface area contributed by atoms with Crippen molar-refractivity contribution >= 4 is 5.91 Å². The molecule has 1 saturated heterocycles. The topological polar surface area (TPSA) is 29.5 Å². The maximum absolute atomic E-state index is 12.5. The van der Waals surface area contributed by atoms with Gasteiger partial charge < -0.3 is 9.64 Å². The summed E-state index contributed by atoms with van der Waals surface area (Å²) in [5.74, 6) is 1.07. The molecule has 1 heterocycles. The zero-order valence-corrected chi connectivity index (χ0v) is 13.1. The Kier molecular flexibility index (Phi) is 5.28. The minimum atomic E-state index is 0.217. The van der Waals surface area contributed by atoms with Crippen molar-refractivity contribution in [1.29, 1.82) is 0 Å². The molecule has 1 aliphatic heterocycles. The number of hydrogen-bond donors (Lipinski definition) is 0. The van der Waals surface area contributed by atoms with Crippen LogP contribution in [0, 0.1) is 11.8 Å². The molecular formula is C19H25NO2. The normalized spacial score (nSPS) is 24.6. The van der Waals surface area contributed by atoms with Crippen molar-refractivity contribution in [2.45, 2.75) is 32.3 Å². The second kappa shape index (κ2) is 7.59. The summed E-state index contributed by atoms with van der Waals surface area (Å²) in [6.45, 7) is 3.19. The fourth-order valence-electron chi connectivity index (χ4n) is 3.36. The molecule has 0 bridgehead atoms. The Morgan fingerprint density at radius 2 is 2.05 bits per heavy atom. The van der Waals surface area contributed by atoms with Crippen LogP contribution in [0.5, 0.6) is 0 Å². The predicted molar refractivity (Wildman–Crippen MR) is 87.3 cm³/mol. The Labute approximate surface area is 133 Å². The zero-order chi connectivity index (χ0) is 15.2. The van der Waals surface area contributed by atoms with Crippen LogP contribution in [0.25, 0.3) is 0 Å². The molecule has 1 aromatic rings. The van der Waals surface area contributed by atoms with Crippen molar-refractivity contribution in [1.82, 2.24) is 4.90 Å². The second-order valence-corrected chi connectivity index (χ2v) is 6.42. The molecule has 0 spiro atoms. The molecular weight excluding hydrogens is 274 g/mol. The quantitative estimate of drug-likeness (QED) is 0.780. The number of carbonyl (C=O) groups is 1. The molecule has 3 nitrogen and oxygen atoms in total. The van der Waals surface area contributed by atoms with E-state index in [2.05, 4.69) is 29.2 Å². The highest BCUT2D eigenvalue weighted by Gasteiger charge is 2.30. The van der Waals surface area contributed by atoms with Crippen molar-refractivity contribution in [3.63, 3.8) is 0 Å². The van der Waals surface area contributed by atoms with Gasteiger partial charge in [-0.15, -0.1) is 0 Å². The third-order valence-electron chi connectivity index (χ3n) is 4.68. The lowest BCUT2D eigenvalue weighted by Gasteiger charge is -2.24. The third kappa shape index (κ3) is 3.98. The lowest BCUT2D eigenvalue weighted by Crippen LogP contribution is -2.35. The first-order valence-corrected chi connectivity index (χ1v) is 8.38. The van der Waals surface area contributed by atoms with Gasteiger partial charge in [0.2, 0.25) is 5.91 Å². The van der Waals surface area contributed by atoms with Gasteiger partial charge in [-0.3, -0.25) is 4.79 Å². The van der Waals surface area contributed by atoms with Gasteiger partial charge in [-0.25, -0.2) is 0 Å². The summed E-state index contributed by atoms with van der Waals surface area (Å²) in [5, 5.41) is 0. The number of carbonyl (C=O) groups excluding carboxylic acids is 1. The maximum Gasteiger partial charge on any atom is 0.226 e. The van der Waals surface area contributed by atoms with Crippen molar-refractivity contribution in [2.24, 2.45) is 11.8 Å². The Hall–Kier alpha value is -1.61. The monoisotopic (exact) mass is 299 g/mol. The van der Waals surface area contributed by atoms with Gasteiger partial charge in [0.1, 0.15) is 0 Å². The molecule has 2 unspecified atom stereocenters. The third-order valence-corrected chi connectivity index (χ3v) is 4.68. The van der Waals surface area contributed by atoms with Gasteiger partial charge in [-0.2, -0.15) is 0 Å². The van der Waals surface area contributed by atoms with Crippen molar-refractivity contribution < 1.29 is 9.53 Å². The first-order valence-electron chi connectivity index (χ1n) is 8.38. The Morgan fingerprint density at radius 3 is 2.82 bits per heavy atom. The van der Waals surface area contributed by atoms with Gasteiger partial charge in [0.25, 0.3) is 0 Å². The number of rotatable bonds is 5. The summed E-state index contributed by atoms with van der Waals surface area (Å²) in [6.07, 6.45) is 8.40. The minimum Gasteiger partial charge on any atom is -0.376 e. The lowest BCUT2D eigenvalue weighted by molar-refractivity contribution is -0.134. The fraction of sp³-hybridized carbons (Fsp3) is 0.526. The van der Waals surface area contributed by atoms with E-state index in [0.29, 0.717) is 18.4 Å². The molecule has 0 radical (unpaired) electrons. The van der Waals surface area contributed by atoms with Crippen LogP contribution in [0.1, 0.15) is 31.2 Å². The number of benzene rings is 1. The average Bonchev–Trinajstić information content (AvgIpc) is 3.05. The van der Waals surface area contributed by atoms with Gasteiger partial charge in [-0.1, -0.05) is 42.5 Å². The molecule has 0 aromatic heterocycles. The average molecular weight is 299 g/mol. The first kappa shape index (κ1) is 15.3. The van der Waals surface area contributed by atoms with Crippen LogP contribution in [0.3, 0.4) is 0 Å². The van der Waals surface area contributed by atoms with Crippen LogP contribution in [-0.4, -0.2) is 30.5 Å². The van der Waals surface area contributed by atoms with Crippen LogP contribution in [-0.2, 0) is 16.1 Å². The Bertz CT molecular complexity index is 511. The predicted octanol–water partition coefficient (Wildman–Crippen LogP) is 3.41. The molecule has 0 N–H and O–H groups in total. The van der Waals surface area contributed by atoms with E-state index in [9.17, 15) is 4.79 Å². The number of hydrogen-bond acceptors (Lipinski definition) is 2. The summed E-state index contributed by atoms with van der Waals surface area (Å²) in [4.78, 5) is 14.5. The summed E-state index contributed by atoms with van der Waals surface area (Å²) in [7, 11) is 0. The number of ether oxygens (including phenoxy) is 1. The van der Waals surface area contributed by atoms with E-state index < -0.39 is 0 Å². The van der Waals surface area contributed by atoms with Crippen LogP contribution < -0.4 is 0 Å². The summed E-state index contributed by atoms with van der Waals surface area (Å²) >= 11 is 0. The lowest BCUT2D eigenvalue weighted by atomic mass is 9.93. The van der Waals surface area contributed by atoms with Crippen molar-refractivity contribution in [2.75, 3.05) is 19.7 Å². The number of likely N-dealkylation sites (tertiary alicyclic amines) is 1. The van der Waals surface area contributed by atoms with E-state index in [1.54, 1.807) is 0 Å². The molecule has 1 fully saturated rings. The Balaban J connectivity index is 1.40. The summed E-state index contributed by atoms with van der Waals surface area (Å²) < 4.78 is 5.83. The molecule has 1 aromatic carbocycles. The smallest absolute Gasteiger partial charge is 0.226 e. The van der Waals surface area contributed by atoms with E-state index in [1.165, 1.54) is 5.56 Å². The first-order chi connectivity index (χ1) is 10.8. The zero-order valence-electron chi connectivity index (χ0n) is 13.1. The fourth-order valence-corrected chi connectivity index (χ4v) is 3.36. The number of allylic oxidation sites excluding steroid dienone is 2. The molecule has 3 heteroatoms. The highest BCUT2D eigenvalue weighted by Crippen LogP contribution is 2.25. The molecule has 1 aliphatic carbocycles.